The van der Waals surface area contributed by atoms with Gasteiger partial charge in [-0.15, -0.1) is 0 Å². The molecule has 0 spiro atoms. The van der Waals surface area contributed by atoms with Gasteiger partial charge in [-0.3, -0.25) is 9.59 Å². The van der Waals surface area contributed by atoms with Crippen LogP contribution in [0.4, 0.5) is 21.5 Å². The quantitative estimate of drug-likeness (QED) is 0.801. The van der Waals surface area contributed by atoms with Gasteiger partial charge in [-0.25, -0.2) is 4.39 Å². The van der Waals surface area contributed by atoms with Crippen molar-refractivity contribution in [3.05, 3.63) is 53.8 Å². The molecule has 0 atom stereocenters. The molecule has 0 unspecified atom stereocenters. The topological polar surface area (TPSA) is 52.6 Å². The van der Waals surface area contributed by atoms with Crippen molar-refractivity contribution >= 4 is 28.9 Å². The molecule has 144 valence electrons. The maximum absolute atomic E-state index is 13.3. The van der Waals surface area contributed by atoms with Gasteiger partial charge in [-0.2, -0.15) is 0 Å². The molecule has 2 rings (SSSR count). The SMILES string of the molecule is CCN(CC)c1ccc(N(CC(=O)Nc2cccc(F)c2)C(C)=O)c(C)c1. The van der Waals surface area contributed by atoms with Crippen molar-refractivity contribution in [3.63, 3.8) is 0 Å². The molecule has 27 heavy (non-hydrogen) atoms. The highest BCUT2D eigenvalue weighted by Gasteiger charge is 2.18. The zero-order valence-electron chi connectivity index (χ0n) is 16.3. The molecule has 2 aromatic carbocycles. The van der Waals surface area contributed by atoms with Crippen LogP contribution in [0.25, 0.3) is 0 Å². The Hall–Kier alpha value is -2.89. The molecule has 6 heteroatoms. The number of amides is 2. The number of hydrogen-bond donors (Lipinski definition) is 1. The molecule has 2 amide bonds. The van der Waals surface area contributed by atoms with Gasteiger partial charge in [-0.1, -0.05) is 6.07 Å². The lowest BCUT2D eigenvalue weighted by molar-refractivity contribution is -0.120. The molecule has 5 nitrogen and oxygen atoms in total. The summed E-state index contributed by atoms with van der Waals surface area (Å²) in [4.78, 5) is 28.1. The average Bonchev–Trinajstić information content (AvgIpc) is 2.61. The zero-order chi connectivity index (χ0) is 20.0. The summed E-state index contributed by atoms with van der Waals surface area (Å²) in [6.07, 6.45) is 0. The Morgan fingerprint density at radius 2 is 1.78 bits per heavy atom. The highest BCUT2D eigenvalue weighted by atomic mass is 19.1. The maximum atomic E-state index is 13.3. The van der Waals surface area contributed by atoms with Gasteiger partial charge in [0.05, 0.1) is 0 Å². The first kappa shape index (κ1) is 20.4. The molecule has 0 heterocycles. The van der Waals surface area contributed by atoms with E-state index in [-0.39, 0.29) is 18.4 Å². The van der Waals surface area contributed by atoms with E-state index >= 15 is 0 Å². The zero-order valence-corrected chi connectivity index (χ0v) is 16.3. The van der Waals surface area contributed by atoms with Crippen molar-refractivity contribution in [3.8, 4) is 0 Å². The van der Waals surface area contributed by atoms with Crippen LogP contribution in [-0.4, -0.2) is 31.4 Å². The Bertz CT molecular complexity index is 819. The second-order valence-electron chi connectivity index (χ2n) is 6.31. The predicted octanol–water partition coefficient (Wildman–Crippen LogP) is 3.97. The van der Waals surface area contributed by atoms with Crippen LogP contribution in [0, 0.1) is 12.7 Å². The number of carbonyl (C=O) groups excluding carboxylic acids is 2. The van der Waals surface area contributed by atoms with Crippen LogP contribution < -0.4 is 15.1 Å². The Morgan fingerprint density at radius 1 is 1.07 bits per heavy atom. The van der Waals surface area contributed by atoms with Crippen molar-refractivity contribution in [1.29, 1.82) is 0 Å². The van der Waals surface area contributed by atoms with E-state index in [1.165, 1.54) is 30.0 Å². The molecule has 0 aliphatic rings. The number of hydrogen-bond acceptors (Lipinski definition) is 3. The molecule has 0 bridgehead atoms. The van der Waals surface area contributed by atoms with E-state index in [4.69, 9.17) is 0 Å². The first-order chi connectivity index (χ1) is 12.8. The van der Waals surface area contributed by atoms with E-state index in [2.05, 4.69) is 24.1 Å². The number of anilines is 3. The van der Waals surface area contributed by atoms with Crippen molar-refractivity contribution in [1.82, 2.24) is 0 Å². The third-order valence-electron chi connectivity index (χ3n) is 4.39. The largest absolute Gasteiger partial charge is 0.372 e. The van der Waals surface area contributed by atoms with Crippen LogP contribution in [0.1, 0.15) is 26.3 Å². The minimum Gasteiger partial charge on any atom is -0.372 e. The number of halogens is 1. The van der Waals surface area contributed by atoms with E-state index < -0.39 is 5.82 Å². The van der Waals surface area contributed by atoms with Crippen LogP contribution in [0.15, 0.2) is 42.5 Å². The fourth-order valence-electron chi connectivity index (χ4n) is 3.00. The Morgan fingerprint density at radius 3 is 2.33 bits per heavy atom. The predicted molar refractivity (Wildman–Crippen MR) is 108 cm³/mol. The minimum absolute atomic E-state index is 0.142. The highest BCUT2D eigenvalue weighted by molar-refractivity contribution is 6.02. The Labute approximate surface area is 159 Å². The number of nitrogens with one attached hydrogen (secondary N) is 1. The summed E-state index contributed by atoms with van der Waals surface area (Å²) in [6.45, 7) is 9.16. The number of rotatable bonds is 7. The third kappa shape index (κ3) is 5.29. The summed E-state index contributed by atoms with van der Waals surface area (Å²) >= 11 is 0. The smallest absolute Gasteiger partial charge is 0.244 e. The number of carbonyl (C=O) groups is 2. The van der Waals surface area contributed by atoms with Crippen molar-refractivity contribution in [2.24, 2.45) is 0 Å². The van der Waals surface area contributed by atoms with Crippen LogP contribution in [-0.2, 0) is 9.59 Å². The normalized spacial score (nSPS) is 10.4. The molecule has 1 N–H and O–H groups in total. The summed E-state index contributed by atoms with van der Waals surface area (Å²) in [5, 5.41) is 2.62. The first-order valence-corrected chi connectivity index (χ1v) is 9.04. The average molecular weight is 371 g/mol. The fourth-order valence-corrected chi connectivity index (χ4v) is 3.00. The highest BCUT2D eigenvalue weighted by Crippen LogP contribution is 2.26. The molecule has 0 radical (unpaired) electrons. The van der Waals surface area contributed by atoms with Crippen molar-refractivity contribution in [2.75, 3.05) is 34.8 Å². The monoisotopic (exact) mass is 371 g/mol. The van der Waals surface area contributed by atoms with Crippen molar-refractivity contribution in [2.45, 2.75) is 27.7 Å². The van der Waals surface area contributed by atoms with E-state index in [9.17, 15) is 14.0 Å². The molecular formula is C21H26FN3O2. The lowest BCUT2D eigenvalue weighted by Crippen LogP contribution is -2.37. The summed E-state index contributed by atoms with van der Waals surface area (Å²) in [6, 6.07) is 11.5. The number of aryl methyl sites for hydroxylation is 1. The van der Waals surface area contributed by atoms with Gasteiger partial charge < -0.3 is 15.1 Å². The van der Waals surface area contributed by atoms with E-state index in [0.29, 0.717) is 11.4 Å². The first-order valence-electron chi connectivity index (χ1n) is 9.04. The molecule has 0 saturated heterocycles. The van der Waals surface area contributed by atoms with Crippen LogP contribution >= 0.6 is 0 Å². The van der Waals surface area contributed by atoms with Gasteiger partial charge in [0.1, 0.15) is 12.4 Å². The minimum atomic E-state index is -0.431. The van der Waals surface area contributed by atoms with E-state index in [0.717, 1.165) is 24.3 Å². The molecule has 2 aromatic rings. The summed E-state index contributed by atoms with van der Waals surface area (Å²) in [7, 11) is 0. The Kier molecular flexibility index (Phi) is 6.93. The van der Waals surface area contributed by atoms with E-state index in [1.807, 2.05) is 25.1 Å². The number of nitrogens with zero attached hydrogens (tertiary/aromatic N) is 2. The Balaban J connectivity index is 2.19. The summed E-state index contributed by atoms with van der Waals surface area (Å²) in [5.74, 6) is -1.05. The third-order valence-corrected chi connectivity index (χ3v) is 4.39. The van der Waals surface area contributed by atoms with Gasteiger partial charge >= 0.3 is 0 Å². The summed E-state index contributed by atoms with van der Waals surface area (Å²) < 4.78 is 13.3. The molecule has 0 saturated carbocycles. The van der Waals surface area contributed by atoms with Gasteiger partial charge in [-0.05, 0) is 62.7 Å². The van der Waals surface area contributed by atoms with Crippen LogP contribution in [0.5, 0.6) is 0 Å². The summed E-state index contributed by atoms with van der Waals surface area (Å²) in [5.41, 5.74) is 3.03. The van der Waals surface area contributed by atoms with E-state index in [1.54, 1.807) is 6.07 Å². The van der Waals surface area contributed by atoms with Crippen molar-refractivity contribution < 1.29 is 14.0 Å². The van der Waals surface area contributed by atoms with Gasteiger partial charge in [0.25, 0.3) is 0 Å². The molecule has 0 aromatic heterocycles. The second-order valence-corrected chi connectivity index (χ2v) is 6.31. The molecular weight excluding hydrogens is 345 g/mol. The van der Waals surface area contributed by atoms with Crippen LogP contribution in [0.2, 0.25) is 0 Å². The standard InChI is InChI=1S/C21H26FN3O2/c1-5-24(6-2)19-10-11-20(15(3)12-19)25(16(4)26)14-21(27)23-18-9-7-8-17(22)13-18/h7-13H,5-6,14H2,1-4H3,(H,23,27). The molecule has 0 aliphatic heterocycles. The second kappa shape index (κ2) is 9.16. The van der Waals surface area contributed by atoms with Gasteiger partial charge in [0.15, 0.2) is 0 Å². The van der Waals surface area contributed by atoms with Crippen LogP contribution in [0.3, 0.4) is 0 Å². The molecule has 0 aliphatic carbocycles. The van der Waals surface area contributed by atoms with Gasteiger partial charge in [0.2, 0.25) is 11.8 Å². The lowest BCUT2D eigenvalue weighted by atomic mass is 10.1. The lowest BCUT2D eigenvalue weighted by Gasteiger charge is -2.26. The van der Waals surface area contributed by atoms with Gasteiger partial charge in [0, 0.05) is 37.1 Å². The molecule has 0 fully saturated rings. The maximum Gasteiger partial charge on any atom is 0.244 e. The number of benzene rings is 2. The fraction of sp³-hybridized carbons (Fsp3) is 0.333.